The molecule has 0 N–H and O–H groups in total. The average Bonchev–Trinajstić information content (AvgIpc) is 4.05. The lowest BCUT2D eigenvalue weighted by atomic mass is 9.80. The molecular formula is C60H48N8O2. The van der Waals surface area contributed by atoms with Gasteiger partial charge in [0.1, 0.15) is 17.2 Å². The van der Waals surface area contributed by atoms with Crippen LogP contribution in [-0.4, -0.2) is 24.5 Å². The Morgan fingerprint density at radius 1 is 0.500 bits per heavy atom. The molecule has 0 fully saturated rings. The number of nitrogens with zero attached hydrogens (tertiary/aromatic N) is 8. The van der Waals surface area contributed by atoms with Crippen molar-refractivity contribution in [2.45, 2.75) is 59.3 Å². The highest BCUT2D eigenvalue weighted by molar-refractivity contribution is 6.20. The molecule has 340 valence electrons. The third-order valence-electron chi connectivity index (χ3n) is 13.4. The van der Waals surface area contributed by atoms with Crippen LogP contribution < -0.4 is 9.80 Å². The lowest BCUT2D eigenvalue weighted by Crippen LogP contribution is -2.17. The van der Waals surface area contributed by atoms with Crippen molar-refractivity contribution in [3.8, 4) is 11.8 Å². The molecule has 0 radical (unpaired) electrons. The van der Waals surface area contributed by atoms with Crippen LogP contribution in [0.3, 0.4) is 0 Å². The highest BCUT2D eigenvalue weighted by Gasteiger charge is 2.28. The van der Waals surface area contributed by atoms with Crippen molar-refractivity contribution in [2.75, 3.05) is 9.80 Å². The molecule has 0 spiro atoms. The summed E-state index contributed by atoms with van der Waals surface area (Å²) >= 11 is 0. The van der Waals surface area contributed by atoms with Gasteiger partial charge in [-0.2, -0.15) is 15.2 Å². The summed E-state index contributed by atoms with van der Waals surface area (Å²) in [6, 6.07) is 54.8. The molecule has 7 aromatic carbocycles. The summed E-state index contributed by atoms with van der Waals surface area (Å²) in [7, 11) is 0. The van der Waals surface area contributed by atoms with E-state index in [1.807, 2.05) is 90.7 Å². The van der Waals surface area contributed by atoms with Crippen molar-refractivity contribution in [2.24, 2.45) is 0 Å². The van der Waals surface area contributed by atoms with Gasteiger partial charge >= 0.3 is 0 Å². The fraction of sp³-hybridized carbons (Fsp3) is 0.150. The van der Waals surface area contributed by atoms with Crippen molar-refractivity contribution < 1.29 is 8.83 Å². The number of rotatable bonds is 7. The first-order valence-corrected chi connectivity index (χ1v) is 23.5. The zero-order valence-corrected chi connectivity index (χ0v) is 40.0. The average molecular weight is 913 g/mol. The molecule has 10 nitrogen and oxygen atoms in total. The first-order valence-electron chi connectivity index (χ1n) is 23.5. The Bertz CT molecular complexity index is 3990. The number of anilines is 6. The van der Waals surface area contributed by atoms with E-state index in [-0.39, 0.29) is 10.8 Å². The van der Waals surface area contributed by atoms with Gasteiger partial charge in [-0.1, -0.05) is 126 Å². The molecule has 0 atom stereocenters. The largest absolute Gasteiger partial charge is 0.437 e. The Morgan fingerprint density at radius 2 is 0.957 bits per heavy atom. The summed E-state index contributed by atoms with van der Waals surface area (Å²) in [6.45, 7) is 15.6. The highest BCUT2D eigenvalue weighted by Crippen LogP contribution is 2.45. The van der Waals surface area contributed by atoms with Gasteiger partial charge in [-0.15, -0.1) is 0 Å². The molecule has 5 heterocycles. The van der Waals surface area contributed by atoms with Gasteiger partial charge in [-0.05, 0) is 95.6 Å². The monoisotopic (exact) mass is 912 g/mol. The second-order valence-corrected chi connectivity index (χ2v) is 20.0. The van der Waals surface area contributed by atoms with E-state index < -0.39 is 0 Å². The predicted molar refractivity (Wildman–Crippen MR) is 283 cm³/mol. The number of benzene rings is 7. The van der Waals surface area contributed by atoms with Crippen LogP contribution in [0.25, 0.3) is 71.6 Å². The van der Waals surface area contributed by atoms with E-state index in [4.69, 9.17) is 28.8 Å². The van der Waals surface area contributed by atoms with E-state index in [2.05, 4.69) is 130 Å². The molecule has 10 heteroatoms. The Labute approximate surface area is 404 Å². The maximum Gasteiger partial charge on any atom is 0.237 e. The van der Waals surface area contributed by atoms with Crippen molar-refractivity contribution >= 4 is 101 Å². The number of hydrogen-bond acceptors (Lipinski definition) is 9. The third-order valence-corrected chi connectivity index (χ3v) is 13.4. The van der Waals surface area contributed by atoms with Crippen molar-refractivity contribution in [1.29, 1.82) is 5.26 Å². The molecule has 0 saturated carbocycles. The van der Waals surface area contributed by atoms with E-state index in [1.165, 1.54) is 16.5 Å². The lowest BCUT2D eigenvalue weighted by molar-refractivity contribution is 0.568. The predicted octanol–water partition coefficient (Wildman–Crippen LogP) is 15.9. The fourth-order valence-corrected chi connectivity index (χ4v) is 9.81. The Morgan fingerprint density at radius 3 is 1.44 bits per heavy atom. The maximum absolute atomic E-state index is 11.0. The van der Waals surface area contributed by atoms with Crippen LogP contribution in [-0.2, 0) is 10.8 Å². The van der Waals surface area contributed by atoms with Gasteiger partial charge in [0, 0.05) is 51.5 Å². The number of hydrogen-bond donors (Lipinski definition) is 0. The van der Waals surface area contributed by atoms with Crippen LogP contribution in [0.15, 0.2) is 173 Å². The van der Waals surface area contributed by atoms with Crippen LogP contribution in [0.4, 0.5) is 34.6 Å². The quantitative estimate of drug-likeness (QED) is 0.154. The minimum absolute atomic E-state index is 0.0622. The maximum atomic E-state index is 11.0. The zero-order valence-electron chi connectivity index (χ0n) is 40.0. The SMILES string of the molecule is Cc1c2oc3nc(N(c4ccccc4)c4ccccc4)ncc3c2c(C#N)c2c1oc1nc(N(c3ccccc3)c3ccc4c5ccccc5n(-c5cc(C(C)(C)C)cc(C(C)(C)C)c5)c4c3)ncc12. The van der Waals surface area contributed by atoms with Crippen LogP contribution in [0.1, 0.15) is 63.8 Å². The number of furan rings is 2. The van der Waals surface area contributed by atoms with Gasteiger partial charge in [0.2, 0.25) is 23.3 Å². The normalized spacial score (nSPS) is 12.2. The standard InChI is InChI=1S/C60H48N8O2/c1-36-53-51(47-34-62-57(64-55(47)69-53)66(39-19-11-8-12-20-39)40-21-13-9-14-22-40)46(33-61)52-48-35-63-58(65-56(48)70-54(36)52)67(41-23-15-10-16-24-41)42-27-28-45-44-25-17-18-26-49(44)68(50(45)32-42)43-30-37(59(2,3)4)29-38(31-43)60(5,6)7/h8-32,34-35H,1-7H3. The number of aromatic nitrogens is 5. The Kier molecular flexibility index (Phi) is 9.66. The Balaban J connectivity index is 1.02. The summed E-state index contributed by atoms with van der Waals surface area (Å²) in [5.41, 5.74) is 12.1. The topological polar surface area (TPSA) is 113 Å². The van der Waals surface area contributed by atoms with Crippen LogP contribution in [0.2, 0.25) is 0 Å². The van der Waals surface area contributed by atoms with Crippen molar-refractivity contribution in [3.05, 3.63) is 186 Å². The number of nitriles is 1. The molecule has 0 aliphatic rings. The minimum atomic E-state index is -0.0622. The molecule has 0 bridgehead atoms. The van der Waals surface area contributed by atoms with Crippen molar-refractivity contribution in [1.82, 2.24) is 24.5 Å². The first kappa shape index (κ1) is 42.5. The van der Waals surface area contributed by atoms with Crippen LogP contribution in [0.5, 0.6) is 0 Å². The van der Waals surface area contributed by atoms with E-state index in [0.717, 1.165) is 50.4 Å². The summed E-state index contributed by atoms with van der Waals surface area (Å²) in [5, 5.41) is 15.8. The van der Waals surface area contributed by atoms with Crippen molar-refractivity contribution in [3.63, 3.8) is 0 Å². The third kappa shape index (κ3) is 6.84. The minimum Gasteiger partial charge on any atom is -0.437 e. The lowest BCUT2D eigenvalue weighted by Gasteiger charge is -2.27. The van der Waals surface area contributed by atoms with Gasteiger partial charge in [-0.25, -0.2) is 9.97 Å². The molecule has 5 aromatic heterocycles. The first-order chi connectivity index (χ1) is 33.9. The molecule has 12 aromatic rings. The molecule has 0 unspecified atom stereocenters. The molecule has 0 amide bonds. The molecule has 12 rings (SSSR count). The molecule has 0 aliphatic carbocycles. The van der Waals surface area contributed by atoms with Gasteiger partial charge in [0.25, 0.3) is 0 Å². The number of fused-ring (bicyclic) bond motifs is 9. The van der Waals surface area contributed by atoms with Gasteiger partial charge in [0.15, 0.2) is 0 Å². The molecule has 0 aliphatic heterocycles. The summed E-state index contributed by atoms with van der Waals surface area (Å²) in [4.78, 5) is 24.1. The van der Waals surface area contributed by atoms with Gasteiger partial charge in [-0.3, -0.25) is 9.80 Å². The van der Waals surface area contributed by atoms with E-state index in [9.17, 15) is 5.26 Å². The highest BCUT2D eigenvalue weighted by atomic mass is 16.4. The molecular weight excluding hydrogens is 865 g/mol. The summed E-state index contributed by atoms with van der Waals surface area (Å²) in [5.74, 6) is 0.848. The fourth-order valence-electron chi connectivity index (χ4n) is 9.81. The second-order valence-electron chi connectivity index (χ2n) is 20.0. The number of para-hydroxylation sites is 4. The smallest absolute Gasteiger partial charge is 0.237 e. The van der Waals surface area contributed by atoms with Crippen LogP contribution >= 0.6 is 0 Å². The van der Waals surface area contributed by atoms with E-state index >= 15 is 0 Å². The van der Waals surface area contributed by atoms with E-state index in [1.54, 1.807) is 12.4 Å². The molecule has 0 saturated heterocycles. The Hall–Kier alpha value is -8.81. The van der Waals surface area contributed by atoms with Gasteiger partial charge < -0.3 is 13.4 Å². The summed E-state index contributed by atoms with van der Waals surface area (Å²) in [6.07, 6.45) is 3.51. The summed E-state index contributed by atoms with van der Waals surface area (Å²) < 4.78 is 15.7. The molecule has 70 heavy (non-hydrogen) atoms. The van der Waals surface area contributed by atoms with E-state index in [0.29, 0.717) is 61.6 Å². The zero-order chi connectivity index (χ0) is 48.1. The number of aryl methyl sites for hydroxylation is 1. The second kappa shape index (κ2) is 15.9. The van der Waals surface area contributed by atoms with Crippen LogP contribution in [0, 0.1) is 18.3 Å². The van der Waals surface area contributed by atoms with Gasteiger partial charge in [0.05, 0.1) is 43.8 Å².